The first-order valence-electron chi connectivity index (χ1n) is 7.75. The zero-order valence-electron chi connectivity index (χ0n) is 13.7. The lowest BCUT2D eigenvalue weighted by Crippen LogP contribution is -2.06. The molecule has 1 aromatic carbocycles. The lowest BCUT2D eigenvalue weighted by Gasteiger charge is -2.09. The van der Waals surface area contributed by atoms with Gasteiger partial charge in [0.15, 0.2) is 0 Å². The van der Waals surface area contributed by atoms with Crippen molar-refractivity contribution in [1.82, 2.24) is 0 Å². The molecule has 3 nitrogen and oxygen atoms in total. The number of carbonyl (C=O) groups excluding carboxylic acids is 1. The van der Waals surface area contributed by atoms with Gasteiger partial charge < -0.3 is 9.84 Å². The van der Waals surface area contributed by atoms with E-state index in [1.807, 2.05) is 0 Å². The van der Waals surface area contributed by atoms with E-state index in [9.17, 15) is 9.90 Å². The number of aromatic hydroxyl groups is 1. The van der Waals surface area contributed by atoms with Crippen LogP contribution in [0.3, 0.4) is 0 Å². The Labute approximate surface area is 133 Å². The molecule has 0 aliphatic carbocycles. The van der Waals surface area contributed by atoms with Gasteiger partial charge in [-0.3, -0.25) is 0 Å². The number of phenols is 1. The van der Waals surface area contributed by atoms with Crippen molar-refractivity contribution in [2.75, 3.05) is 6.61 Å². The molecule has 22 heavy (non-hydrogen) atoms. The van der Waals surface area contributed by atoms with E-state index in [2.05, 4.69) is 26.8 Å². The van der Waals surface area contributed by atoms with E-state index in [0.717, 1.165) is 19.3 Å². The molecule has 1 rings (SSSR count). The summed E-state index contributed by atoms with van der Waals surface area (Å²) in [5.74, 6) is 0.310. The summed E-state index contributed by atoms with van der Waals surface area (Å²) in [6, 6.07) is 6.87. The van der Waals surface area contributed by atoms with Crippen LogP contribution in [0.5, 0.6) is 5.75 Å². The molecule has 0 saturated carbocycles. The molecule has 0 saturated heterocycles. The predicted octanol–water partition coefficient (Wildman–Crippen LogP) is 4.72. The van der Waals surface area contributed by atoms with E-state index >= 15 is 0 Å². The molecule has 1 atom stereocenters. The number of para-hydroxylation sites is 1. The Hall–Kier alpha value is -2.03. The van der Waals surface area contributed by atoms with Crippen molar-refractivity contribution in [1.29, 1.82) is 0 Å². The largest absolute Gasteiger partial charge is 0.507 e. The number of benzene rings is 1. The first-order valence-corrected chi connectivity index (χ1v) is 7.75. The summed E-state index contributed by atoms with van der Waals surface area (Å²) in [5.41, 5.74) is 1.95. The summed E-state index contributed by atoms with van der Waals surface area (Å²) in [6.45, 7) is 6.80. The highest BCUT2D eigenvalue weighted by atomic mass is 16.5. The van der Waals surface area contributed by atoms with Crippen LogP contribution in [0.4, 0.5) is 0 Å². The van der Waals surface area contributed by atoms with Crippen LogP contribution in [0.25, 0.3) is 6.08 Å². The average molecular weight is 302 g/mol. The third-order valence-electron chi connectivity index (χ3n) is 3.40. The van der Waals surface area contributed by atoms with Gasteiger partial charge in [0.05, 0.1) is 6.61 Å². The van der Waals surface area contributed by atoms with Crippen molar-refractivity contribution in [3.05, 3.63) is 47.6 Å². The van der Waals surface area contributed by atoms with Crippen LogP contribution < -0.4 is 0 Å². The Morgan fingerprint density at radius 3 is 2.68 bits per heavy atom. The lowest BCUT2D eigenvalue weighted by atomic mass is 10.0. The minimum atomic E-state index is -0.375. The summed E-state index contributed by atoms with van der Waals surface area (Å²) < 4.78 is 5.18. The van der Waals surface area contributed by atoms with E-state index in [1.165, 1.54) is 11.6 Å². The number of phenolic OH excluding ortho intramolecular Hbond substituents is 1. The minimum Gasteiger partial charge on any atom is -0.507 e. The Balaban J connectivity index is 2.26. The molecular weight excluding hydrogens is 276 g/mol. The molecule has 3 heteroatoms. The van der Waals surface area contributed by atoms with E-state index < -0.39 is 0 Å². The van der Waals surface area contributed by atoms with Crippen LogP contribution in [-0.2, 0) is 9.53 Å². The maximum absolute atomic E-state index is 11.6. The van der Waals surface area contributed by atoms with Crippen molar-refractivity contribution in [2.45, 2.75) is 40.0 Å². The topological polar surface area (TPSA) is 46.5 Å². The number of hydrogen-bond donors (Lipinski definition) is 1. The fourth-order valence-electron chi connectivity index (χ4n) is 2.00. The summed E-state index contributed by atoms with van der Waals surface area (Å²) in [7, 11) is 0. The monoisotopic (exact) mass is 302 g/mol. The van der Waals surface area contributed by atoms with Gasteiger partial charge in [-0.1, -0.05) is 36.8 Å². The fraction of sp³-hybridized carbons (Fsp3) is 0.421. The Morgan fingerprint density at radius 2 is 2.00 bits per heavy atom. The smallest absolute Gasteiger partial charge is 0.330 e. The zero-order chi connectivity index (χ0) is 16.4. The molecule has 0 aliphatic rings. The second-order valence-electron chi connectivity index (χ2n) is 5.81. The van der Waals surface area contributed by atoms with E-state index in [-0.39, 0.29) is 11.7 Å². The van der Waals surface area contributed by atoms with Crippen LogP contribution in [-0.4, -0.2) is 17.7 Å². The van der Waals surface area contributed by atoms with E-state index in [1.54, 1.807) is 30.3 Å². The second kappa shape index (κ2) is 9.82. The minimum absolute atomic E-state index is 0.152. The van der Waals surface area contributed by atoms with Gasteiger partial charge in [-0.15, -0.1) is 0 Å². The lowest BCUT2D eigenvalue weighted by molar-refractivity contribution is -0.138. The van der Waals surface area contributed by atoms with E-state index in [4.69, 9.17) is 4.74 Å². The molecule has 0 aromatic heterocycles. The van der Waals surface area contributed by atoms with Crippen molar-refractivity contribution < 1.29 is 14.6 Å². The van der Waals surface area contributed by atoms with Crippen molar-refractivity contribution in [3.8, 4) is 5.75 Å². The van der Waals surface area contributed by atoms with Gasteiger partial charge in [-0.2, -0.15) is 0 Å². The van der Waals surface area contributed by atoms with Crippen LogP contribution in [0.2, 0.25) is 0 Å². The van der Waals surface area contributed by atoms with Crippen molar-refractivity contribution >= 4 is 12.0 Å². The summed E-state index contributed by atoms with van der Waals surface area (Å²) in [5, 5.41) is 9.59. The molecule has 0 radical (unpaired) electrons. The second-order valence-corrected chi connectivity index (χ2v) is 5.81. The summed E-state index contributed by atoms with van der Waals surface area (Å²) in [4.78, 5) is 11.6. The molecule has 0 heterocycles. The van der Waals surface area contributed by atoms with Crippen LogP contribution in [0.15, 0.2) is 42.0 Å². The van der Waals surface area contributed by atoms with Crippen molar-refractivity contribution in [3.63, 3.8) is 0 Å². The van der Waals surface area contributed by atoms with Gasteiger partial charge in [0.1, 0.15) is 5.75 Å². The van der Waals surface area contributed by atoms with E-state index in [0.29, 0.717) is 18.1 Å². The number of hydrogen-bond acceptors (Lipinski definition) is 3. The first kappa shape index (κ1) is 18.0. The van der Waals surface area contributed by atoms with Crippen LogP contribution in [0, 0.1) is 5.92 Å². The third-order valence-corrected chi connectivity index (χ3v) is 3.40. The number of allylic oxidation sites excluding steroid dienone is 2. The molecule has 0 bridgehead atoms. The molecule has 0 fully saturated rings. The molecule has 0 spiro atoms. The summed E-state index contributed by atoms with van der Waals surface area (Å²) >= 11 is 0. The molecule has 120 valence electrons. The highest BCUT2D eigenvalue weighted by Crippen LogP contribution is 2.17. The number of rotatable bonds is 8. The van der Waals surface area contributed by atoms with Gasteiger partial charge in [0, 0.05) is 11.6 Å². The molecule has 1 N–H and O–H groups in total. The Kier molecular flexibility index (Phi) is 8.05. The Bertz CT molecular complexity index is 525. The maximum Gasteiger partial charge on any atom is 0.330 e. The normalized spacial score (nSPS) is 12.1. The summed E-state index contributed by atoms with van der Waals surface area (Å²) in [6.07, 6.45) is 8.20. The number of carbonyl (C=O) groups is 1. The molecule has 0 amide bonds. The fourth-order valence-corrected chi connectivity index (χ4v) is 2.00. The van der Waals surface area contributed by atoms with Crippen molar-refractivity contribution in [2.24, 2.45) is 5.92 Å². The predicted molar refractivity (Wildman–Crippen MR) is 90.5 cm³/mol. The highest BCUT2D eigenvalue weighted by molar-refractivity contribution is 5.87. The van der Waals surface area contributed by atoms with Gasteiger partial charge in [-0.25, -0.2) is 4.79 Å². The van der Waals surface area contributed by atoms with Gasteiger partial charge in [-0.05, 0) is 51.2 Å². The molecule has 1 unspecified atom stereocenters. The molecule has 1 aromatic rings. The quantitative estimate of drug-likeness (QED) is 0.429. The number of esters is 1. The molecular formula is C19H26O3. The Morgan fingerprint density at radius 1 is 1.27 bits per heavy atom. The van der Waals surface area contributed by atoms with Gasteiger partial charge in [0.2, 0.25) is 0 Å². The van der Waals surface area contributed by atoms with Gasteiger partial charge >= 0.3 is 5.97 Å². The third kappa shape index (κ3) is 7.67. The first-order chi connectivity index (χ1) is 10.5. The SMILES string of the molecule is CC(C)=CCCC(C)CCOC(=O)C=Cc1ccccc1O. The zero-order valence-corrected chi connectivity index (χ0v) is 13.7. The standard InChI is InChI=1S/C19H26O3/c1-15(2)7-6-8-16(3)13-14-22-19(21)12-11-17-9-4-5-10-18(17)20/h4-5,7,9-12,16,20H,6,8,13-14H2,1-3H3. The van der Waals surface area contributed by atoms with Gasteiger partial charge in [0.25, 0.3) is 0 Å². The van der Waals surface area contributed by atoms with Crippen LogP contribution >= 0.6 is 0 Å². The number of ether oxygens (including phenoxy) is 1. The average Bonchev–Trinajstić information content (AvgIpc) is 2.46. The maximum atomic E-state index is 11.6. The molecule has 0 aliphatic heterocycles. The van der Waals surface area contributed by atoms with Crippen LogP contribution in [0.1, 0.15) is 45.6 Å². The highest BCUT2D eigenvalue weighted by Gasteiger charge is 2.04.